The molecule has 140 valence electrons. The normalized spacial score (nSPS) is 14.6. The first-order valence-corrected chi connectivity index (χ1v) is 9.55. The molecular weight excluding hydrogens is 364 g/mol. The van der Waals surface area contributed by atoms with Crippen LogP contribution in [-0.4, -0.2) is 40.7 Å². The van der Waals surface area contributed by atoms with E-state index in [-0.39, 0.29) is 11.7 Å². The van der Waals surface area contributed by atoms with Crippen molar-refractivity contribution in [3.63, 3.8) is 0 Å². The fraction of sp³-hybridized carbons (Fsp3) is 0.316. The Kier molecular flexibility index (Phi) is 4.91. The molecule has 8 heteroatoms. The van der Waals surface area contributed by atoms with Gasteiger partial charge in [-0.3, -0.25) is 0 Å². The van der Waals surface area contributed by atoms with E-state index in [9.17, 15) is 9.90 Å². The Bertz CT molecular complexity index is 971. The van der Waals surface area contributed by atoms with Crippen molar-refractivity contribution in [3.8, 4) is 5.75 Å². The van der Waals surface area contributed by atoms with Crippen LogP contribution in [0.5, 0.6) is 5.75 Å². The molecule has 0 unspecified atom stereocenters. The first kappa shape index (κ1) is 17.7. The lowest BCUT2D eigenvalue weighted by Gasteiger charge is -2.19. The number of phenols is 1. The highest BCUT2D eigenvalue weighted by Crippen LogP contribution is 2.35. The maximum absolute atomic E-state index is 12.4. The SMILES string of the molecule is COC(=O)[C@H](Cc1ccc(O)cc1)Nc1ncnc2sc3c(c12)CCNC3. The van der Waals surface area contributed by atoms with Crippen molar-refractivity contribution in [3.05, 3.63) is 46.6 Å². The van der Waals surface area contributed by atoms with Crippen molar-refractivity contribution in [1.29, 1.82) is 0 Å². The van der Waals surface area contributed by atoms with Gasteiger partial charge < -0.3 is 20.5 Å². The van der Waals surface area contributed by atoms with Gasteiger partial charge >= 0.3 is 5.97 Å². The Labute approximate surface area is 160 Å². The summed E-state index contributed by atoms with van der Waals surface area (Å²) >= 11 is 1.66. The Morgan fingerprint density at radius 1 is 1.37 bits per heavy atom. The number of nitrogens with zero attached hydrogens (tertiary/aromatic N) is 2. The quantitative estimate of drug-likeness (QED) is 0.581. The number of carbonyl (C=O) groups excluding carboxylic acids is 1. The summed E-state index contributed by atoms with van der Waals surface area (Å²) in [4.78, 5) is 23.4. The first-order valence-electron chi connectivity index (χ1n) is 8.74. The average Bonchev–Trinajstić information content (AvgIpc) is 3.08. The molecule has 3 N–H and O–H groups in total. The van der Waals surface area contributed by atoms with Crippen LogP contribution >= 0.6 is 11.3 Å². The van der Waals surface area contributed by atoms with Crippen LogP contribution in [-0.2, 0) is 28.9 Å². The van der Waals surface area contributed by atoms with E-state index in [0.29, 0.717) is 12.2 Å². The summed E-state index contributed by atoms with van der Waals surface area (Å²) in [5.41, 5.74) is 2.17. The van der Waals surface area contributed by atoms with Gasteiger partial charge in [0, 0.05) is 17.8 Å². The smallest absolute Gasteiger partial charge is 0.328 e. The van der Waals surface area contributed by atoms with E-state index in [1.54, 1.807) is 35.6 Å². The number of carbonyl (C=O) groups is 1. The largest absolute Gasteiger partial charge is 0.508 e. The van der Waals surface area contributed by atoms with E-state index in [1.807, 2.05) is 0 Å². The number of benzene rings is 1. The first-order chi connectivity index (χ1) is 13.2. The van der Waals surface area contributed by atoms with Gasteiger partial charge in [0.25, 0.3) is 0 Å². The van der Waals surface area contributed by atoms with Gasteiger partial charge in [-0.25, -0.2) is 14.8 Å². The molecule has 0 saturated heterocycles. The van der Waals surface area contributed by atoms with E-state index in [1.165, 1.54) is 23.9 Å². The van der Waals surface area contributed by atoms with E-state index < -0.39 is 6.04 Å². The van der Waals surface area contributed by atoms with Crippen LogP contribution in [0.3, 0.4) is 0 Å². The van der Waals surface area contributed by atoms with Crippen molar-refractivity contribution < 1.29 is 14.6 Å². The molecule has 1 aromatic carbocycles. The highest BCUT2D eigenvalue weighted by molar-refractivity contribution is 7.19. The molecule has 0 fully saturated rings. The van der Waals surface area contributed by atoms with Crippen molar-refractivity contribution in [1.82, 2.24) is 15.3 Å². The van der Waals surface area contributed by atoms with Crippen LogP contribution < -0.4 is 10.6 Å². The monoisotopic (exact) mass is 384 g/mol. The van der Waals surface area contributed by atoms with Gasteiger partial charge in [0.05, 0.1) is 12.5 Å². The Morgan fingerprint density at radius 3 is 2.96 bits per heavy atom. The fourth-order valence-electron chi connectivity index (χ4n) is 3.34. The Balaban J connectivity index is 1.67. The minimum absolute atomic E-state index is 0.192. The summed E-state index contributed by atoms with van der Waals surface area (Å²) in [6.07, 6.45) is 2.86. The Morgan fingerprint density at radius 2 is 2.19 bits per heavy atom. The van der Waals surface area contributed by atoms with Crippen LogP contribution in [0.1, 0.15) is 16.0 Å². The summed E-state index contributed by atoms with van der Waals surface area (Å²) in [6, 6.07) is 6.21. The van der Waals surface area contributed by atoms with Gasteiger partial charge in [-0.15, -0.1) is 11.3 Å². The van der Waals surface area contributed by atoms with Crippen LogP contribution in [0.4, 0.5) is 5.82 Å². The third kappa shape index (κ3) is 3.58. The molecule has 2 aromatic heterocycles. The topological polar surface area (TPSA) is 96.4 Å². The number of hydrogen-bond acceptors (Lipinski definition) is 8. The highest BCUT2D eigenvalue weighted by atomic mass is 32.1. The molecule has 3 heterocycles. The van der Waals surface area contributed by atoms with Crippen molar-refractivity contribution in [2.75, 3.05) is 19.0 Å². The molecule has 0 aliphatic carbocycles. The number of nitrogens with one attached hydrogen (secondary N) is 2. The summed E-state index contributed by atoms with van der Waals surface area (Å²) in [5.74, 6) is 0.492. The minimum atomic E-state index is -0.588. The summed E-state index contributed by atoms with van der Waals surface area (Å²) in [5, 5.41) is 17.1. The lowest BCUT2D eigenvalue weighted by Crippen LogP contribution is -2.33. The molecule has 27 heavy (non-hydrogen) atoms. The van der Waals surface area contributed by atoms with Gasteiger partial charge in [-0.05, 0) is 36.2 Å². The Hall–Kier alpha value is -2.71. The second kappa shape index (κ2) is 7.50. The molecule has 1 aliphatic rings. The molecule has 0 saturated carbocycles. The number of anilines is 1. The van der Waals surface area contributed by atoms with Crippen LogP contribution in [0.25, 0.3) is 10.2 Å². The molecule has 0 bridgehead atoms. The molecule has 1 atom stereocenters. The number of ether oxygens (including phenoxy) is 1. The maximum Gasteiger partial charge on any atom is 0.328 e. The number of rotatable bonds is 5. The van der Waals surface area contributed by atoms with Crippen LogP contribution in [0, 0.1) is 0 Å². The van der Waals surface area contributed by atoms with Crippen molar-refractivity contribution in [2.45, 2.75) is 25.4 Å². The number of phenolic OH excluding ortho intramolecular Hbond substituents is 1. The molecule has 0 radical (unpaired) electrons. The predicted octanol–water partition coefficient (Wildman–Crippen LogP) is 2.24. The number of aromatic hydroxyl groups is 1. The highest BCUT2D eigenvalue weighted by Gasteiger charge is 2.24. The van der Waals surface area contributed by atoms with Crippen LogP contribution in [0.2, 0.25) is 0 Å². The zero-order valence-electron chi connectivity index (χ0n) is 14.9. The van der Waals surface area contributed by atoms with E-state index in [2.05, 4.69) is 20.6 Å². The van der Waals surface area contributed by atoms with E-state index in [4.69, 9.17) is 4.74 Å². The van der Waals surface area contributed by atoms with Crippen LogP contribution in [0.15, 0.2) is 30.6 Å². The van der Waals surface area contributed by atoms with Gasteiger partial charge in [0.1, 0.15) is 28.8 Å². The lowest BCUT2D eigenvalue weighted by atomic mass is 10.0. The summed E-state index contributed by atoms with van der Waals surface area (Å²) in [7, 11) is 1.38. The van der Waals surface area contributed by atoms with Crippen molar-refractivity contribution in [2.24, 2.45) is 0 Å². The minimum Gasteiger partial charge on any atom is -0.508 e. The number of esters is 1. The zero-order valence-corrected chi connectivity index (χ0v) is 15.7. The van der Waals surface area contributed by atoms with Gasteiger partial charge in [-0.2, -0.15) is 0 Å². The number of hydrogen-bond donors (Lipinski definition) is 3. The summed E-state index contributed by atoms with van der Waals surface area (Å²) in [6.45, 7) is 1.75. The van der Waals surface area contributed by atoms with E-state index >= 15 is 0 Å². The average molecular weight is 384 g/mol. The number of thiophene rings is 1. The molecule has 3 aromatic rings. The van der Waals surface area contributed by atoms with E-state index in [0.717, 1.165) is 35.3 Å². The third-order valence-electron chi connectivity index (χ3n) is 4.68. The summed E-state index contributed by atoms with van der Waals surface area (Å²) < 4.78 is 4.99. The number of methoxy groups -OCH3 is 1. The van der Waals surface area contributed by atoms with Gasteiger partial charge in [-0.1, -0.05) is 12.1 Å². The molecule has 7 nitrogen and oxygen atoms in total. The standard InChI is InChI=1S/C19H20N4O3S/c1-26-19(25)14(8-11-2-4-12(24)5-3-11)23-17-16-13-6-7-20-9-15(13)27-18(16)22-10-21-17/h2-5,10,14,20,24H,6-9H2,1H3,(H,21,22,23)/t14-/m0/s1. The molecule has 0 spiro atoms. The fourth-order valence-corrected chi connectivity index (χ4v) is 4.49. The molecular formula is C19H20N4O3S. The molecule has 4 rings (SSSR count). The zero-order chi connectivity index (χ0) is 18.8. The van der Waals surface area contributed by atoms with Gasteiger partial charge in [0.15, 0.2) is 0 Å². The number of aromatic nitrogens is 2. The lowest BCUT2D eigenvalue weighted by molar-refractivity contribution is -0.141. The maximum atomic E-state index is 12.4. The molecule has 0 amide bonds. The second-order valence-corrected chi connectivity index (χ2v) is 7.51. The van der Waals surface area contributed by atoms with Crippen molar-refractivity contribution >= 4 is 33.3 Å². The second-order valence-electron chi connectivity index (χ2n) is 6.42. The van der Waals surface area contributed by atoms with Gasteiger partial charge in [0.2, 0.25) is 0 Å². The number of fused-ring (bicyclic) bond motifs is 3. The predicted molar refractivity (Wildman–Crippen MR) is 104 cm³/mol. The molecule has 1 aliphatic heterocycles. The third-order valence-corrected chi connectivity index (χ3v) is 5.82.